The lowest BCUT2D eigenvalue weighted by Gasteiger charge is -1.99. The van der Waals surface area contributed by atoms with Gasteiger partial charge in [-0.3, -0.25) is 9.78 Å². The van der Waals surface area contributed by atoms with Crippen molar-refractivity contribution in [2.75, 3.05) is 0 Å². The van der Waals surface area contributed by atoms with Crippen molar-refractivity contribution in [1.82, 2.24) is 9.97 Å². The van der Waals surface area contributed by atoms with E-state index in [1.807, 2.05) is 29.6 Å². The number of pyridine rings is 1. The van der Waals surface area contributed by atoms with E-state index in [9.17, 15) is 4.79 Å². The summed E-state index contributed by atoms with van der Waals surface area (Å²) in [6, 6.07) is 7.68. The highest BCUT2D eigenvalue weighted by molar-refractivity contribution is 7.07. The van der Waals surface area contributed by atoms with Crippen molar-refractivity contribution >= 4 is 33.1 Å². The molecule has 0 N–H and O–H groups in total. The molecule has 0 bridgehead atoms. The van der Waals surface area contributed by atoms with Crippen LogP contribution in [-0.4, -0.2) is 9.97 Å². The molecule has 0 aliphatic rings. The van der Waals surface area contributed by atoms with Crippen LogP contribution in [0.15, 0.2) is 40.6 Å². The SMILES string of the molecule is O=c1nc2ccc3cccnc3c2cs1. The molecule has 0 saturated heterocycles. The average molecular weight is 214 g/mol. The van der Waals surface area contributed by atoms with Crippen molar-refractivity contribution in [3.05, 3.63) is 45.5 Å². The monoisotopic (exact) mass is 214 g/mol. The summed E-state index contributed by atoms with van der Waals surface area (Å²) in [4.78, 5) is 19.2. The number of fused-ring (bicyclic) bond motifs is 3. The van der Waals surface area contributed by atoms with Crippen LogP contribution < -0.4 is 4.87 Å². The summed E-state index contributed by atoms with van der Waals surface area (Å²) in [5.41, 5.74) is 1.61. The molecule has 72 valence electrons. The summed E-state index contributed by atoms with van der Waals surface area (Å²) in [7, 11) is 0. The molecule has 3 aromatic rings. The molecule has 0 radical (unpaired) electrons. The standard InChI is InChI=1S/C11H6N2OS/c14-11-13-9-4-3-7-2-1-5-12-10(7)8(9)6-15-11/h1-6H. The molecule has 2 aromatic heterocycles. The van der Waals surface area contributed by atoms with E-state index in [-0.39, 0.29) is 4.87 Å². The minimum Gasteiger partial charge on any atom is -0.256 e. The van der Waals surface area contributed by atoms with Crippen LogP contribution in [0.1, 0.15) is 0 Å². The lowest BCUT2D eigenvalue weighted by atomic mass is 10.1. The third-order valence-corrected chi connectivity index (χ3v) is 2.93. The Balaban J connectivity index is 2.60. The Morgan fingerprint density at radius 2 is 2.13 bits per heavy atom. The van der Waals surface area contributed by atoms with E-state index in [0.717, 1.165) is 27.6 Å². The number of hydrogen-bond acceptors (Lipinski definition) is 4. The van der Waals surface area contributed by atoms with Crippen molar-refractivity contribution in [2.24, 2.45) is 0 Å². The quantitative estimate of drug-likeness (QED) is 0.539. The molecule has 3 rings (SSSR count). The van der Waals surface area contributed by atoms with Gasteiger partial charge in [0.2, 0.25) is 0 Å². The van der Waals surface area contributed by atoms with Crippen molar-refractivity contribution in [1.29, 1.82) is 0 Å². The van der Waals surface area contributed by atoms with Crippen LogP contribution in [0, 0.1) is 0 Å². The second-order valence-corrected chi connectivity index (χ2v) is 4.01. The molecule has 0 aliphatic heterocycles. The second kappa shape index (κ2) is 3.10. The van der Waals surface area contributed by atoms with Gasteiger partial charge in [-0.15, -0.1) is 0 Å². The Bertz CT molecular complexity index is 705. The molecule has 0 spiro atoms. The Hall–Kier alpha value is -1.81. The fraction of sp³-hybridized carbons (Fsp3) is 0. The molecule has 4 heteroatoms. The molecule has 0 unspecified atom stereocenters. The van der Waals surface area contributed by atoms with Gasteiger partial charge in [-0.2, -0.15) is 4.98 Å². The molecule has 15 heavy (non-hydrogen) atoms. The zero-order valence-electron chi connectivity index (χ0n) is 7.68. The topological polar surface area (TPSA) is 42.9 Å². The smallest absolute Gasteiger partial charge is 0.256 e. The third kappa shape index (κ3) is 1.30. The van der Waals surface area contributed by atoms with Gasteiger partial charge in [-0.05, 0) is 12.1 Å². The minimum absolute atomic E-state index is 0.169. The van der Waals surface area contributed by atoms with Crippen molar-refractivity contribution in [3.63, 3.8) is 0 Å². The van der Waals surface area contributed by atoms with Gasteiger partial charge in [-0.25, -0.2) is 0 Å². The van der Waals surface area contributed by atoms with Crippen LogP contribution in [0.25, 0.3) is 21.8 Å². The first kappa shape index (κ1) is 8.49. The maximum Gasteiger partial charge on any atom is 0.326 e. The van der Waals surface area contributed by atoms with E-state index < -0.39 is 0 Å². The van der Waals surface area contributed by atoms with Gasteiger partial charge in [-0.1, -0.05) is 23.5 Å². The number of benzene rings is 1. The first-order valence-corrected chi connectivity index (χ1v) is 5.36. The summed E-state index contributed by atoms with van der Waals surface area (Å²) >= 11 is 1.11. The Morgan fingerprint density at radius 3 is 3.07 bits per heavy atom. The fourth-order valence-corrected chi connectivity index (χ4v) is 2.21. The molecule has 2 heterocycles. The van der Waals surface area contributed by atoms with Crippen LogP contribution in [0.5, 0.6) is 0 Å². The third-order valence-electron chi connectivity index (χ3n) is 2.28. The fourth-order valence-electron chi connectivity index (χ4n) is 1.60. The van der Waals surface area contributed by atoms with Gasteiger partial charge < -0.3 is 0 Å². The van der Waals surface area contributed by atoms with Gasteiger partial charge in [0.15, 0.2) is 0 Å². The van der Waals surface area contributed by atoms with E-state index in [1.165, 1.54) is 0 Å². The highest BCUT2D eigenvalue weighted by atomic mass is 32.1. The molecule has 0 atom stereocenters. The van der Waals surface area contributed by atoms with Crippen LogP contribution in [0.3, 0.4) is 0 Å². The summed E-state index contributed by atoms with van der Waals surface area (Å²) < 4.78 is 0. The Kier molecular flexibility index (Phi) is 1.76. The lowest BCUT2D eigenvalue weighted by molar-refractivity contribution is 1.38. The molecule has 0 amide bonds. The Labute approximate surface area is 89.0 Å². The van der Waals surface area contributed by atoms with Crippen LogP contribution >= 0.6 is 11.3 Å². The van der Waals surface area contributed by atoms with Gasteiger partial charge in [0.1, 0.15) is 0 Å². The van der Waals surface area contributed by atoms with E-state index in [1.54, 1.807) is 6.20 Å². The van der Waals surface area contributed by atoms with Gasteiger partial charge in [0.05, 0.1) is 11.0 Å². The maximum atomic E-state index is 11.1. The van der Waals surface area contributed by atoms with E-state index in [2.05, 4.69) is 9.97 Å². The largest absolute Gasteiger partial charge is 0.326 e. The van der Waals surface area contributed by atoms with Crippen molar-refractivity contribution in [3.8, 4) is 0 Å². The Morgan fingerprint density at radius 1 is 1.20 bits per heavy atom. The van der Waals surface area contributed by atoms with Crippen LogP contribution in [-0.2, 0) is 0 Å². The van der Waals surface area contributed by atoms with E-state index >= 15 is 0 Å². The zero-order chi connectivity index (χ0) is 10.3. The van der Waals surface area contributed by atoms with Crippen LogP contribution in [0.2, 0.25) is 0 Å². The normalized spacial score (nSPS) is 10.9. The molecular formula is C11H6N2OS. The first-order chi connectivity index (χ1) is 7.34. The average Bonchev–Trinajstić information content (AvgIpc) is 2.28. The van der Waals surface area contributed by atoms with E-state index in [4.69, 9.17) is 0 Å². The zero-order valence-corrected chi connectivity index (χ0v) is 8.49. The predicted molar refractivity (Wildman–Crippen MR) is 61.2 cm³/mol. The number of rotatable bonds is 0. The molecule has 1 aromatic carbocycles. The molecular weight excluding hydrogens is 208 g/mol. The van der Waals surface area contributed by atoms with Crippen LogP contribution in [0.4, 0.5) is 0 Å². The number of hydrogen-bond donors (Lipinski definition) is 0. The second-order valence-electron chi connectivity index (χ2n) is 3.19. The highest BCUT2D eigenvalue weighted by Gasteiger charge is 2.02. The minimum atomic E-state index is -0.169. The summed E-state index contributed by atoms with van der Waals surface area (Å²) in [5, 5.41) is 3.83. The summed E-state index contributed by atoms with van der Waals surface area (Å²) in [6.07, 6.45) is 1.75. The van der Waals surface area contributed by atoms with E-state index in [0.29, 0.717) is 5.52 Å². The highest BCUT2D eigenvalue weighted by Crippen LogP contribution is 2.21. The summed E-state index contributed by atoms with van der Waals surface area (Å²) in [5.74, 6) is 0. The van der Waals surface area contributed by atoms with Crippen molar-refractivity contribution < 1.29 is 0 Å². The molecule has 0 saturated carbocycles. The molecule has 0 fully saturated rings. The lowest BCUT2D eigenvalue weighted by Crippen LogP contribution is -1.98. The van der Waals surface area contributed by atoms with Gasteiger partial charge >= 0.3 is 4.87 Å². The van der Waals surface area contributed by atoms with Crippen molar-refractivity contribution in [2.45, 2.75) is 0 Å². The van der Waals surface area contributed by atoms with Gasteiger partial charge in [0.25, 0.3) is 0 Å². The summed E-state index contributed by atoms with van der Waals surface area (Å²) in [6.45, 7) is 0. The number of nitrogens with zero attached hydrogens (tertiary/aromatic N) is 2. The van der Waals surface area contributed by atoms with Gasteiger partial charge in [0, 0.05) is 22.3 Å². The number of aromatic nitrogens is 2. The first-order valence-electron chi connectivity index (χ1n) is 4.48. The maximum absolute atomic E-state index is 11.1. The molecule has 3 nitrogen and oxygen atoms in total. The predicted octanol–water partition coefficient (Wildman–Crippen LogP) is 2.20. The molecule has 0 aliphatic carbocycles.